The summed E-state index contributed by atoms with van der Waals surface area (Å²) in [5.74, 6) is -0.270. The largest absolute Gasteiger partial charge is 0.312 e. The number of ketones is 1. The Morgan fingerprint density at radius 1 is 0.512 bits per heavy atom. The molecule has 8 rings (SSSR count). The Bertz CT molecular complexity index is 2130. The third-order valence-corrected chi connectivity index (χ3v) is 10.4. The van der Waals surface area contributed by atoms with Gasteiger partial charge >= 0.3 is 0 Å². The van der Waals surface area contributed by atoms with Gasteiger partial charge in [0, 0.05) is 28.2 Å². The minimum atomic E-state index is -3.76. The maximum Gasteiger partial charge on any atom is 0.246 e. The summed E-state index contributed by atoms with van der Waals surface area (Å²) >= 11 is 0. The highest BCUT2D eigenvalue weighted by atomic mass is 32.2. The molecular weight excluding hydrogens is 549 g/mol. The lowest BCUT2D eigenvalue weighted by atomic mass is 9.35. The number of hydrogen-bond acceptors (Lipinski definition) is 4. The van der Waals surface area contributed by atoms with Crippen molar-refractivity contribution in [2.24, 2.45) is 0 Å². The fourth-order valence-electron chi connectivity index (χ4n) is 6.53. The highest BCUT2D eigenvalue weighted by Crippen LogP contribution is 2.39. The van der Waals surface area contributed by atoms with E-state index in [0.29, 0.717) is 0 Å². The van der Waals surface area contributed by atoms with E-state index in [0.717, 1.165) is 28.2 Å². The second kappa shape index (κ2) is 9.68. The zero-order chi connectivity index (χ0) is 29.1. The maximum atomic E-state index is 13.3. The third-order valence-electron chi connectivity index (χ3n) is 8.50. The van der Waals surface area contributed by atoms with Gasteiger partial charge in [0.2, 0.25) is 16.6 Å². The van der Waals surface area contributed by atoms with Gasteiger partial charge < -0.3 is 4.90 Å². The molecule has 0 amide bonds. The van der Waals surface area contributed by atoms with E-state index >= 15 is 0 Å². The first kappa shape index (κ1) is 25.5. The summed E-state index contributed by atoms with van der Waals surface area (Å²) in [4.78, 5) is 15.8. The molecule has 6 aromatic carbocycles. The summed E-state index contributed by atoms with van der Waals surface area (Å²) in [7, 11) is -3.76. The van der Waals surface area contributed by atoms with Gasteiger partial charge in [-0.15, -0.1) is 0 Å². The van der Waals surface area contributed by atoms with Crippen LogP contribution in [0.3, 0.4) is 0 Å². The van der Waals surface area contributed by atoms with E-state index in [4.69, 9.17) is 0 Å². The Morgan fingerprint density at radius 3 is 1.77 bits per heavy atom. The molecule has 0 N–H and O–H groups in total. The van der Waals surface area contributed by atoms with Crippen LogP contribution >= 0.6 is 0 Å². The predicted octanol–water partition coefficient (Wildman–Crippen LogP) is 6.03. The quantitative estimate of drug-likeness (QED) is 0.242. The van der Waals surface area contributed by atoms with Crippen LogP contribution in [0.2, 0.25) is 0 Å². The summed E-state index contributed by atoms with van der Waals surface area (Å²) in [6, 6.07) is 47.4. The van der Waals surface area contributed by atoms with Gasteiger partial charge in [-0.1, -0.05) is 103 Å². The molecule has 43 heavy (non-hydrogen) atoms. The summed E-state index contributed by atoms with van der Waals surface area (Å²) < 4.78 is 26.5. The summed E-state index contributed by atoms with van der Waals surface area (Å²) in [5, 5.41) is 0. The van der Waals surface area contributed by atoms with Gasteiger partial charge in [-0.25, -0.2) is 8.42 Å². The second-order valence-electron chi connectivity index (χ2n) is 10.9. The Labute approximate surface area is 250 Å². The highest BCUT2D eigenvalue weighted by Gasteiger charge is 2.36. The topological polar surface area (TPSA) is 54.5 Å². The fourth-order valence-corrected chi connectivity index (χ4v) is 8.16. The van der Waals surface area contributed by atoms with Crippen LogP contribution in [0.1, 0.15) is 15.9 Å². The molecule has 6 heteroatoms. The van der Waals surface area contributed by atoms with Crippen molar-refractivity contribution in [2.75, 3.05) is 4.90 Å². The van der Waals surface area contributed by atoms with Crippen molar-refractivity contribution in [2.45, 2.75) is 9.79 Å². The molecule has 0 aliphatic carbocycles. The van der Waals surface area contributed by atoms with Gasteiger partial charge in [0.15, 0.2) is 5.78 Å². The standard InChI is InChI=1S/C37H24BNO3S/c40-37-29-12-4-9-17-35(29)43(41,42)36-23-20-26(24-30(36)37)25-18-21-28(22-19-25)39-33-15-7-5-13-31(33)38(27-10-2-1-3-11-27)32-14-6-8-16-34(32)39/h1-24H. The third kappa shape index (κ3) is 3.91. The number of carbonyl (C=O) groups is 1. The smallest absolute Gasteiger partial charge is 0.246 e. The Kier molecular flexibility index (Phi) is 5.74. The van der Waals surface area contributed by atoms with Gasteiger partial charge in [-0.05, 0) is 70.6 Å². The molecular formula is C37H24BNO3S. The summed E-state index contributed by atoms with van der Waals surface area (Å²) in [5.41, 5.74) is 9.14. The maximum absolute atomic E-state index is 13.3. The molecule has 6 aromatic rings. The number of anilines is 3. The van der Waals surface area contributed by atoms with Crippen molar-refractivity contribution in [3.8, 4) is 11.1 Å². The van der Waals surface area contributed by atoms with E-state index in [-0.39, 0.29) is 33.4 Å². The first-order chi connectivity index (χ1) is 21.0. The minimum absolute atomic E-state index is 0.0612. The second-order valence-corrected chi connectivity index (χ2v) is 12.8. The van der Waals surface area contributed by atoms with Crippen LogP contribution in [0.25, 0.3) is 11.1 Å². The molecule has 0 unspecified atom stereocenters. The van der Waals surface area contributed by atoms with E-state index in [1.54, 1.807) is 36.4 Å². The van der Waals surface area contributed by atoms with Crippen LogP contribution in [0.4, 0.5) is 17.1 Å². The van der Waals surface area contributed by atoms with Crippen LogP contribution in [0, 0.1) is 0 Å². The number of hydrogen-bond donors (Lipinski definition) is 0. The van der Waals surface area contributed by atoms with Gasteiger partial charge in [0.05, 0.1) is 9.79 Å². The molecule has 4 nitrogen and oxygen atoms in total. The molecule has 0 atom stereocenters. The van der Waals surface area contributed by atoms with E-state index in [2.05, 4.69) is 89.8 Å². The van der Waals surface area contributed by atoms with E-state index in [9.17, 15) is 13.2 Å². The Hall–Kier alpha value is -5.20. The Balaban J connectivity index is 1.21. The van der Waals surface area contributed by atoms with Crippen molar-refractivity contribution in [1.29, 1.82) is 0 Å². The van der Waals surface area contributed by atoms with Crippen LogP contribution in [0.15, 0.2) is 155 Å². The lowest BCUT2D eigenvalue weighted by Crippen LogP contribution is -2.57. The number of rotatable bonds is 3. The van der Waals surface area contributed by atoms with Crippen LogP contribution in [0.5, 0.6) is 0 Å². The average Bonchev–Trinajstić information content (AvgIpc) is 3.06. The minimum Gasteiger partial charge on any atom is -0.312 e. The van der Waals surface area contributed by atoms with Crippen LogP contribution in [-0.2, 0) is 9.84 Å². The number of benzene rings is 6. The lowest BCUT2D eigenvalue weighted by molar-refractivity contribution is 0.103. The van der Waals surface area contributed by atoms with Gasteiger partial charge in [0.25, 0.3) is 0 Å². The summed E-state index contributed by atoms with van der Waals surface area (Å²) in [6.07, 6.45) is 0. The summed E-state index contributed by atoms with van der Waals surface area (Å²) in [6.45, 7) is 0.124. The molecule has 0 spiro atoms. The van der Waals surface area contributed by atoms with Crippen molar-refractivity contribution in [3.05, 3.63) is 157 Å². The molecule has 204 valence electrons. The van der Waals surface area contributed by atoms with Crippen LogP contribution < -0.4 is 21.3 Å². The van der Waals surface area contributed by atoms with E-state index < -0.39 is 9.84 Å². The lowest BCUT2D eigenvalue weighted by Gasteiger charge is -2.37. The molecule has 2 aliphatic rings. The predicted molar refractivity (Wildman–Crippen MR) is 173 cm³/mol. The molecule has 0 bridgehead atoms. The average molecular weight is 573 g/mol. The molecule has 0 radical (unpaired) electrons. The fraction of sp³-hybridized carbons (Fsp3) is 0. The molecule has 0 saturated carbocycles. The van der Waals surface area contributed by atoms with Crippen molar-refractivity contribution >= 4 is 55.8 Å². The monoisotopic (exact) mass is 573 g/mol. The normalized spacial score (nSPS) is 14.4. The molecule has 2 aliphatic heterocycles. The van der Waals surface area contributed by atoms with Crippen molar-refractivity contribution < 1.29 is 13.2 Å². The van der Waals surface area contributed by atoms with Gasteiger partial charge in [0.1, 0.15) is 0 Å². The number of carbonyl (C=O) groups excluding carboxylic acids is 1. The number of para-hydroxylation sites is 2. The zero-order valence-electron chi connectivity index (χ0n) is 23.0. The number of nitrogens with zero attached hydrogens (tertiary/aromatic N) is 1. The van der Waals surface area contributed by atoms with Gasteiger partial charge in [-0.2, -0.15) is 0 Å². The van der Waals surface area contributed by atoms with Gasteiger partial charge in [-0.3, -0.25) is 4.79 Å². The molecule has 2 heterocycles. The number of sulfone groups is 1. The first-order valence-electron chi connectivity index (χ1n) is 14.2. The SMILES string of the molecule is O=C1c2ccccc2S(=O)(=O)c2ccc(-c3ccc(N4c5ccccc5B(c5ccccc5)c5ccccc54)cc3)cc21. The number of fused-ring (bicyclic) bond motifs is 4. The molecule has 0 fully saturated rings. The zero-order valence-corrected chi connectivity index (χ0v) is 23.8. The molecule has 0 aromatic heterocycles. The first-order valence-corrected chi connectivity index (χ1v) is 15.7. The van der Waals surface area contributed by atoms with Crippen molar-refractivity contribution in [3.63, 3.8) is 0 Å². The van der Waals surface area contributed by atoms with E-state index in [1.807, 2.05) is 18.2 Å². The van der Waals surface area contributed by atoms with E-state index in [1.165, 1.54) is 22.5 Å². The highest BCUT2D eigenvalue weighted by molar-refractivity contribution is 7.91. The molecule has 0 saturated heterocycles. The van der Waals surface area contributed by atoms with Crippen molar-refractivity contribution in [1.82, 2.24) is 0 Å². The Morgan fingerprint density at radius 2 is 1.07 bits per heavy atom. The van der Waals surface area contributed by atoms with Crippen LogP contribution in [-0.4, -0.2) is 20.9 Å².